The highest BCUT2D eigenvalue weighted by Crippen LogP contribution is 2.44. The van der Waals surface area contributed by atoms with Crippen molar-refractivity contribution in [3.63, 3.8) is 0 Å². The Bertz CT molecular complexity index is 1250. The van der Waals surface area contributed by atoms with Gasteiger partial charge in [-0.2, -0.15) is 0 Å². The summed E-state index contributed by atoms with van der Waals surface area (Å²) in [5.74, 6) is -4.20. The van der Waals surface area contributed by atoms with Crippen LogP contribution in [0.4, 0.5) is 0 Å². The van der Waals surface area contributed by atoms with Gasteiger partial charge in [0, 0.05) is 12.1 Å². The predicted molar refractivity (Wildman–Crippen MR) is 134 cm³/mol. The highest BCUT2D eigenvalue weighted by Gasteiger charge is 2.58. The Balaban J connectivity index is 1.43. The van der Waals surface area contributed by atoms with Crippen LogP contribution in [-0.2, 0) is 14.2 Å². The van der Waals surface area contributed by atoms with Gasteiger partial charge in [-0.3, -0.25) is 4.79 Å². The number of benzene rings is 2. The van der Waals surface area contributed by atoms with E-state index >= 15 is 0 Å². The maximum absolute atomic E-state index is 12.9. The Morgan fingerprint density at radius 3 is 2.41 bits per heavy atom. The van der Waals surface area contributed by atoms with Crippen LogP contribution in [0.5, 0.6) is 23.0 Å². The molecule has 3 aliphatic rings. The first-order chi connectivity index (χ1) is 19.4. The summed E-state index contributed by atoms with van der Waals surface area (Å²) >= 11 is 0. The Hall–Kier alpha value is -3.05. The van der Waals surface area contributed by atoms with E-state index in [1.54, 1.807) is 12.1 Å². The molecule has 41 heavy (non-hydrogen) atoms. The predicted octanol–water partition coefficient (Wildman–Crippen LogP) is -1.16. The van der Waals surface area contributed by atoms with Crippen LogP contribution in [0.25, 0.3) is 0 Å². The van der Waals surface area contributed by atoms with Crippen molar-refractivity contribution in [3.8, 4) is 23.0 Å². The van der Waals surface area contributed by atoms with Gasteiger partial charge in [0.05, 0.1) is 25.7 Å². The number of hydrogen-bond donors (Lipinski definition) is 8. The number of hydrogen-bond acceptors (Lipinski definition) is 14. The topological polar surface area (TPSA) is 225 Å². The summed E-state index contributed by atoms with van der Waals surface area (Å²) in [6.07, 6.45) is -13.1. The Labute approximate surface area is 233 Å². The fraction of sp³-hybridized carbons (Fsp3) is 0.519. The number of rotatable bonds is 6. The van der Waals surface area contributed by atoms with E-state index in [4.69, 9.17) is 23.7 Å². The number of ketones is 1. The van der Waals surface area contributed by atoms with Gasteiger partial charge in [0.25, 0.3) is 5.79 Å². The van der Waals surface area contributed by atoms with Crippen molar-refractivity contribution in [1.82, 2.24) is 0 Å². The molecule has 8 N–H and O–H groups in total. The van der Waals surface area contributed by atoms with Gasteiger partial charge in [-0.05, 0) is 24.6 Å². The Morgan fingerprint density at radius 1 is 1.02 bits per heavy atom. The zero-order chi connectivity index (χ0) is 29.6. The first-order valence-corrected chi connectivity index (χ1v) is 13.0. The highest BCUT2D eigenvalue weighted by atomic mass is 16.8. The van der Waals surface area contributed by atoms with E-state index < -0.39 is 79.0 Å². The van der Waals surface area contributed by atoms with Crippen LogP contribution in [0, 0.1) is 0 Å². The molecule has 2 fully saturated rings. The molecule has 10 atom stereocenters. The second-order valence-electron chi connectivity index (χ2n) is 10.3. The van der Waals surface area contributed by atoms with Gasteiger partial charge >= 0.3 is 0 Å². The molecule has 3 aliphatic heterocycles. The van der Waals surface area contributed by atoms with Crippen LogP contribution in [0.2, 0.25) is 0 Å². The Kier molecular flexibility index (Phi) is 8.13. The van der Waals surface area contributed by atoms with E-state index in [1.807, 2.05) is 0 Å². The molecule has 2 aromatic carbocycles. The van der Waals surface area contributed by atoms with Crippen LogP contribution in [0.15, 0.2) is 36.4 Å². The smallest absolute Gasteiger partial charge is 0.288 e. The van der Waals surface area contributed by atoms with E-state index in [0.29, 0.717) is 5.56 Å². The SMILES string of the molecule is C[C@@H]1OC(OC2COC(CO)[C@@H](O)[C@@H]2O)[C@@](O)(Oc2cc(O)c3c(c2)O[C@H](c2ccc(O)cc2)CC3=O)C(O)[C@H]1O. The lowest BCUT2D eigenvalue weighted by Crippen LogP contribution is -2.70. The van der Waals surface area contributed by atoms with Crippen LogP contribution in [-0.4, -0.2) is 115 Å². The van der Waals surface area contributed by atoms with Crippen molar-refractivity contribution >= 4 is 5.78 Å². The molecular formula is C27H32O14. The van der Waals surface area contributed by atoms with Gasteiger partial charge in [0.2, 0.25) is 6.29 Å². The number of carbonyl (C=O) groups is 1. The largest absolute Gasteiger partial charge is 0.508 e. The summed E-state index contributed by atoms with van der Waals surface area (Å²) in [6.45, 7) is 0.489. The number of aliphatic hydroxyl groups excluding tert-OH is 5. The molecule has 2 aromatic rings. The number of aromatic hydroxyl groups is 2. The van der Waals surface area contributed by atoms with Crippen molar-refractivity contribution in [2.24, 2.45) is 0 Å². The number of fused-ring (bicyclic) bond motifs is 1. The van der Waals surface area contributed by atoms with E-state index in [1.165, 1.54) is 25.1 Å². The zero-order valence-corrected chi connectivity index (χ0v) is 21.8. The van der Waals surface area contributed by atoms with Crippen LogP contribution in [0.3, 0.4) is 0 Å². The summed E-state index contributed by atoms with van der Waals surface area (Å²) in [7, 11) is 0. The van der Waals surface area contributed by atoms with Crippen LogP contribution >= 0.6 is 0 Å². The van der Waals surface area contributed by atoms with E-state index in [2.05, 4.69) is 0 Å². The second-order valence-corrected chi connectivity index (χ2v) is 10.3. The number of carbonyl (C=O) groups excluding carboxylic acids is 1. The molecule has 4 unspecified atom stereocenters. The minimum atomic E-state index is -2.85. The number of ether oxygens (including phenoxy) is 5. The fourth-order valence-electron chi connectivity index (χ4n) is 5.08. The minimum absolute atomic E-state index is 0.0226. The van der Waals surface area contributed by atoms with Gasteiger partial charge in [-0.1, -0.05) is 12.1 Å². The van der Waals surface area contributed by atoms with Gasteiger partial charge < -0.3 is 64.5 Å². The summed E-state index contributed by atoms with van der Waals surface area (Å²) in [6, 6.07) is 8.20. The number of phenolic OH excluding ortho intramolecular Hbond substituents is 2. The third kappa shape index (κ3) is 5.46. The average Bonchev–Trinajstić information content (AvgIpc) is 2.93. The van der Waals surface area contributed by atoms with Crippen molar-refractivity contribution in [1.29, 1.82) is 0 Å². The van der Waals surface area contributed by atoms with Crippen molar-refractivity contribution in [2.45, 2.75) is 74.3 Å². The summed E-state index contributed by atoms with van der Waals surface area (Å²) in [5, 5.41) is 83.0. The summed E-state index contributed by atoms with van der Waals surface area (Å²) in [4.78, 5) is 12.9. The van der Waals surface area contributed by atoms with Crippen LogP contribution in [0.1, 0.15) is 35.4 Å². The summed E-state index contributed by atoms with van der Waals surface area (Å²) < 4.78 is 28.1. The number of aliphatic hydroxyl groups is 6. The van der Waals surface area contributed by atoms with Crippen molar-refractivity contribution in [3.05, 3.63) is 47.5 Å². The molecule has 2 saturated heterocycles. The van der Waals surface area contributed by atoms with Crippen molar-refractivity contribution in [2.75, 3.05) is 13.2 Å². The second kappa shape index (κ2) is 11.3. The molecule has 14 heteroatoms. The fourth-order valence-corrected chi connectivity index (χ4v) is 5.08. The quantitative estimate of drug-likeness (QED) is 0.189. The molecular weight excluding hydrogens is 548 g/mol. The normalized spacial score (nSPS) is 37.2. The maximum Gasteiger partial charge on any atom is 0.288 e. The first-order valence-electron chi connectivity index (χ1n) is 13.0. The third-order valence-electron chi connectivity index (χ3n) is 7.49. The highest BCUT2D eigenvalue weighted by molar-refractivity contribution is 6.02. The minimum Gasteiger partial charge on any atom is -0.508 e. The molecule has 0 spiro atoms. The third-order valence-corrected chi connectivity index (χ3v) is 7.49. The zero-order valence-electron chi connectivity index (χ0n) is 21.8. The van der Waals surface area contributed by atoms with Gasteiger partial charge in [-0.25, -0.2) is 0 Å². The molecule has 224 valence electrons. The molecule has 0 bridgehead atoms. The van der Waals surface area contributed by atoms with Crippen molar-refractivity contribution < 1.29 is 69.3 Å². The monoisotopic (exact) mass is 580 g/mol. The van der Waals surface area contributed by atoms with E-state index in [0.717, 1.165) is 6.07 Å². The lowest BCUT2D eigenvalue weighted by Gasteiger charge is -2.48. The number of Topliss-reactive ketones (excluding diaryl/α,β-unsaturated/α-hetero) is 1. The lowest BCUT2D eigenvalue weighted by molar-refractivity contribution is -0.405. The number of phenols is 2. The molecule has 3 heterocycles. The standard InChI is InChI=1S/C27H32O14/c1-11-22(32)25(35)27(36,26(38-11)40-20-10-37-19(9-28)23(33)24(20)34)41-14-6-15(30)21-16(31)8-17(39-18(21)7-14)12-2-4-13(29)5-3-12/h2-7,11,17,19-20,22-26,28-30,32-36H,8-10H2,1H3/t11-,17-,19?,20?,22-,23+,24+,25?,26?,27-/m0/s1. The van der Waals surface area contributed by atoms with Crippen LogP contribution < -0.4 is 9.47 Å². The Morgan fingerprint density at radius 2 is 1.73 bits per heavy atom. The molecule has 14 nitrogen and oxygen atoms in total. The molecule has 0 radical (unpaired) electrons. The average molecular weight is 581 g/mol. The molecule has 0 amide bonds. The molecule has 0 aliphatic carbocycles. The maximum atomic E-state index is 12.9. The molecule has 5 rings (SSSR count). The molecule has 0 saturated carbocycles. The lowest BCUT2D eigenvalue weighted by atomic mass is 9.94. The molecule has 0 aromatic heterocycles. The van der Waals surface area contributed by atoms with Gasteiger partial charge in [0.1, 0.15) is 65.2 Å². The summed E-state index contributed by atoms with van der Waals surface area (Å²) in [5.41, 5.74) is 0.447. The van der Waals surface area contributed by atoms with E-state index in [9.17, 15) is 45.6 Å². The first kappa shape index (κ1) is 29.4. The van der Waals surface area contributed by atoms with E-state index in [-0.39, 0.29) is 35.8 Å². The van der Waals surface area contributed by atoms with Gasteiger partial charge in [-0.15, -0.1) is 0 Å². The van der Waals surface area contributed by atoms with Gasteiger partial charge in [0.15, 0.2) is 11.9 Å².